The number of hydrogen-bond donors (Lipinski definition) is 2. The molecular weight excluding hydrogens is 945 g/mol. The van der Waals surface area contributed by atoms with Crippen molar-refractivity contribution in [1.82, 2.24) is 19.9 Å². The number of nitrogens with zero attached hydrogens (tertiary/aromatic N) is 2. The highest BCUT2D eigenvalue weighted by molar-refractivity contribution is 6.31. The van der Waals surface area contributed by atoms with Crippen LogP contribution in [0.4, 0.5) is 39.5 Å². The number of benzene rings is 4. The minimum atomic E-state index is -7.22. The van der Waals surface area contributed by atoms with Crippen LogP contribution in [0.25, 0.3) is 90.4 Å². The van der Waals surface area contributed by atoms with E-state index in [-0.39, 0.29) is 43.3 Å². The smallest absolute Gasteiger partial charge is 0.354 e. The first kappa shape index (κ1) is 44.2. The molecule has 17 heteroatoms. The van der Waals surface area contributed by atoms with Gasteiger partial charge in [0.15, 0.2) is 0 Å². The Morgan fingerprint density at radius 2 is 0.692 bits per heavy atom. The number of halogens is 13. The van der Waals surface area contributed by atoms with E-state index in [0.29, 0.717) is 60.8 Å². The maximum absolute atomic E-state index is 16.8. The van der Waals surface area contributed by atoms with Crippen molar-refractivity contribution in [3.8, 4) is 44.5 Å². The second-order valence-electron chi connectivity index (χ2n) is 14.9. The molecule has 2 aliphatic heterocycles. The van der Waals surface area contributed by atoms with Crippen LogP contribution in [0.2, 0.25) is 20.1 Å². The largest absolute Gasteiger partial charge is 0.460 e. The highest BCUT2D eigenvalue weighted by Gasteiger charge is 2.82. The van der Waals surface area contributed by atoms with Gasteiger partial charge in [-0.15, -0.1) is 0 Å². The quantitative estimate of drug-likeness (QED) is 0.156. The zero-order valence-electron chi connectivity index (χ0n) is 32.6. The zero-order valence-corrected chi connectivity index (χ0v) is 35.6. The van der Waals surface area contributed by atoms with E-state index >= 15 is 17.6 Å². The van der Waals surface area contributed by atoms with Crippen LogP contribution >= 0.6 is 46.4 Å². The van der Waals surface area contributed by atoms with E-state index < -0.39 is 40.9 Å². The van der Waals surface area contributed by atoms with Crippen LogP contribution in [0, 0.1) is 0 Å². The van der Waals surface area contributed by atoms with Crippen LogP contribution in [0.3, 0.4) is 0 Å². The molecule has 0 saturated heterocycles. The van der Waals surface area contributed by atoms with Gasteiger partial charge in [0.05, 0.1) is 28.3 Å². The monoisotopic (exact) mass is 968 g/mol. The lowest BCUT2D eigenvalue weighted by atomic mass is 9.90. The molecule has 4 nitrogen and oxygen atoms in total. The first-order valence-electron chi connectivity index (χ1n) is 19.2. The van der Waals surface area contributed by atoms with E-state index in [1.165, 1.54) is 54.6 Å². The number of allylic oxidation sites excluding steroid dienone is 1. The Kier molecular flexibility index (Phi) is 11.0. The number of fused-ring (bicyclic) bond motifs is 8. The van der Waals surface area contributed by atoms with Crippen molar-refractivity contribution < 1.29 is 39.5 Å². The Morgan fingerprint density at radius 1 is 0.369 bits per heavy atom. The van der Waals surface area contributed by atoms with Gasteiger partial charge in [-0.3, -0.25) is 0 Å². The molecule has 328 valence electrons. The number of alkyl halides is 9. The first-order valence-corrected chi connectivity index (χ1v) is 20.7. The summed E-state index contributed by atoms with van der Waals surface area (Å²) < 4.78 is 136. The van der Waals surface area contributed by atoms with Gasteiger partial charge in [0.1, 0.15) is 0 Å². The molecule has 0 saturated carbocycles. The number of hydrogen-bond acceptors (Lipinski definition) is 2. The third kappa shape index (κ3) is 7.67. The van der Waals surface area contributed by atoms with Crippen molar-refractivity contribution in [1.29, 1.82) is 0 Å². The number of rotatable bonds is 7. The number of aromatic amines is 2. The lowest BCUT2D eigenvalue weighted by Crippen LogP contribution is -2.61. The lowest BCUT2D eigenvalue weighted by Gasteiger charge is -2.34. The van der Waals surface area contributed by atoms with Crippen LogP contribution in [0.15, 0.2) is 121 Å². The third-order valence-electron chi connectivity index (χ3n) is 10.9. The van der Waals surface area contributed by atoms with Crippen molar-refractivity contribution in [2.75, 3.05) is 0 Å². The SMILES string of the molecule is FC(F)(F)C(F)(F)C(F)(F)C(F)(F)C1=Cc2nc1c(-c1ccc(Cl)cc1)c1ccc([nH]1)c(-c1ccc(Cl)cc1)c1nc(c(-c3ccc(Cl)cc3)c3ccc([nH]3)c2-c2ccc(Cl)cc2)C=C1. The molecular formula is C48H25Cl4F9N4. The Hall–Kier alpha value is -5.99. The summed E-state index contributed by atoms with van der Waals surface area (Å²) in [7, 11) is 0. The van der Waals surface area contributed by atoms with Gasteiger partial charge in [0.25, 0.3) is 0 Å². The van der Waals surface area contributed by atoms with Crippen molar-refractivity contribution in [3.63, 3.8) is 0 Å². The Balaban J connectivity index is 1.52. The van der Waals surface area contributed by atoms with E-state index in [1.807, 2.05) is 0 Å². The molecule has 0 radical (unpaired) electrons. The Labute approximate surface area is 382 Å². The molecule has 0 atom stereocenters. The summed E-state index contributed by atoms with van der Waals surface area (Å²) in [5.41, 5.74) is 0.114. The molecule has 5 heterocycles. The Bertz CT molecular complexity index is 3250. The molecule has 9 rings (SSSR count). The fourth-order valence-electron chi connectivity index (χ4n) is 7.74. The van der Waals surface area contributed by atoms with Crippen molar-refractivity contribution in [3.05, 3.63) is 164 Å². The molecule has 65 heavy (non-hydrogen) atoms. The summed E-state index contributed by atoms with van der Waals surface area (Å²) in [6, 6.07) is 30.8. The number of nitrogens with one attached hydrogen (secondary N) is 2. The van der Waals surface area contributed by atoms with Crippen LogP contribution < -0.4 is 0 Å². The van der Waals surface area contributed by atoms with Crippen LogP contribution in [-0.2, 0) is 0 Å². The first-order chi connectivity index (χ1) is 30.7. The lowest BCUT2D eigenvalue weighted by molar-refractivity contribution is -0.386. The van der Waals surface area contributed by atoms with Gasteiger partial charge in [-0.1, -0.05) is 94.9 Å². The normalized spacial score (nSPS) is 13.3. The van der Waals surface area contributed by atoms with Crippen LogP contribution in [0.5, 0.6) is 0 Å². The third-order valence-corrected chi connectivity index (χ3v) is 11.9. The second-order valence-corrected chi connectivity index (χ2v) is 16.7. The van der Waals surface area contributed by atoms with Gasteiger partial charge in [0.2, 0.25) is 0 Å². The van der Waals surface area contributed by atoms with Crippen LogP contribution in [0.1, 0.15) is 22.8 Å². The molecule has 3 aromatic heterocycles. The highest BCUT2D eigenvalue weighted by atomic mass is 35.5. The molecule has 2 aliphatic rings. The van der Waals surface area contributed by atoms with Gasteiger partial charge < -0.3 is 9.97 Å². The molecule has 0 unspecified atom stereocenters. The predicted octanol–water partition coefficient (Wildman–Crippen LogP) is 16.8. The fourth-order valence-corrected chi connectivity index (χ4v) is 8.25. The van der Waals surface area contributed by atoms with Gasteiger partial charge in [0, 0.05) is 64.4 Å². The molecule has 0 fully saturated rings. The maximum atomic E-state index is 16.8. The predicted molar refractivity (Wildman–Crippen MR) is 240 cm³/mol. The van der Waals surface area contributed by atoms with E-state index in [4.69, 9.17) is 51.4 Å². The standard InChI is InChI=1S/C48H25Cl4F9N4/c49-28-9-1-24(2-10-28)40-33-17-18-34(62-33)41(25-3-11-29(50)12-4-25)36-21-22-38(64-36)43(27-7-15-31(52)16-8-27)44-32(45(53,54)46(55,56)47(57,58)48(59,60)61)23-39(65-44)42(37-20-19-35(40)63-37)26-5-13-30(51)14-6-26/h1-23,63-64H. The summed E-state index contributed by atoms with van der Waals surface area (Å²) >= 11 is 25.0. The molecule has 0 spiro atoms. The summed E-state index contributed by atoms with van der Waals surface area (Å²) in [6.07, 6.45) is -3.15. The van der Waals surface area contributed by atoms with Crippen LogP contribution in [-0.4, -0.2) is 43.9 Å². The average Bonchev–Trinajstić information content (AvgIpc) is 4.10. The van der Waals surface area contributed by atoms with Crippen molar-refractivity contribution in [2.24, 2.45) is 0 Å². The fraction of sp³-hybridized carbons (Fsp3) is 0.0833. The van der Waals surface area contributed by atoms with Gasteiger partial charge in [-0.05, 0) is 113 Å². The van der Waals surface area contributed by atoms with Crippen molar-refractivity contribution in [2.45, 2.75) is 23.9 Å². The zero-order chi connectivity index (χ0) is 46.2. The van der Waals surface area contributed by atoms with E-state index in [1.54, 1.807) is 78.9 Å². The highest BCUT2D eigenvalue weighted by Crippen LogP contribution is 2.58. The minimum absolute atomic E-state index is 0.00399. The summed E-state index contributed by atoms with van der Waals surface area (Å²) in [4.78, 5) is 16.0. The van der Waals surface area contributed by atoms with E-state index in [9.17, 15) is 22.0 Å². The van der Waals surface area contributed by atoms with E-state index in [0.717, 1.165) is 0 Å². The van der Waals surface area contributed by atoms with Gasteiger partial charge in [-0.2, -0.15) is 39.5 Å². The maximum Gasteiger partial charge on any atom is 0.460 e. The number of H-pyrrole nitrogens is 2. The van der Waals surface area contributed by atoms with Gasteiger partial charge in [-0.25, -0.2) is 9.97 Å². The molecule has 4 aromatic carbocycles. The van der Waals surface area contributed by atoms with E-state index in [2.05, 4.69) is 15.0 Å². The number of aromatic nitrogens is 4. The topological polar surface area (TPSA) is 57.4 Å². The van der Waals surface area contributed by atoms with Crippen molar-refractivity contribution >= 4 is 92.3 Å². The summed E-state index contributed by atoms with van der Waals surface area (Å²) in [6.45, 7) is 0. The molecule has 2 N–H and O–H groups in total. The average molecular weight is 971 g/mol. The minimum Gasteiger partial charge on any atom is -0.354 e. The summed E-state index contributed by atoms with van der Waals surface area (Å²) in [5.74, 6) is -20.5. The molecule has 7 aromatic rings. The molecule has 0 aliphatic carbocycles. The van der Waals surface area contributed by atoms with Gasteiger partial charge >= 0.3 is 23.9 Å². The molecule has 0 amide bonds. The summed E-state index contributed by atoms with van der Waals surface area (Å²) in [5, 5.41) is 1.25. The molecule has 8 bridgehead atoms. The second kappa shape index (κ2) is 16.2. The Morgan fingerprint density at radius 3 is 1.05 bits per heavy atom.